The molecular weight excluding hydrogens is 282 g/mol. The van der Waals surface area contributed by atoms with Gasteiger partial charge < -0.3 is 19.9 Å². The molecule has 22 heavy (non-hydrogen) atoms. The van der Waals surface area contributed by atoms with Gasteiger partial charge in [0.2, 0.25) is 0 Å². The monoisotopic (exact) mass is 307 g/mol. The van der Waals surface area contributed by atoms with E-state index in [4.69, 9.17) is 9.47 Å². The van der Waals surface area contributed by atoms with E-state index in [1.807, 2.05) is 24.3 Å². The molecule has 0 heterocycles. The third-order valence-electron chi connectivity index (χ3n) is 2.97. The molecule has 0 spiro atoms. The van der Waals surface area contributed by atoms with Crippen LogP contribution < -0.4 is 10.1 Å². The average molecular weight is 307 g/mol. The van der Waals surface area contributed by atoms with Crippen LogP contribution in [0.4, 0.5) is 4.79 Å². The molecule has 0 saturated carbocycles. The number of methoxy groups -OCH3 is 1. The molecule has 0 fully saturated rings. The Bertz CT molecular complexity index is 490. The molecule has 0 saturated heterocycles. The minimum absolute atomic E-state index is 0.455. The van der Waals surface area contributed by atoms with Gasteiger partial charge in [-0.3, -0.25) is 0 Å². The molecule has 1 amide bonds. The lowest BCUT2D eigenvalue weighted by Gasteiger charge is -2.25. The maximum absolute atomic E-state index is 11.9. The summed E-state index contributed by atoms with van der Waals surface area (Å²) < 4.78 is 10.3. The Hall–Kier alpha value is -2.01. The van der Waals surface area contributed by atoms with E-state index >= 15 is 0 Å². The van der Waals surface area contributed by atoms with E-state index in [9.17, 15) is 9.90 Å². The van der Waals surface area contributed by atoms with Gasteiger partial charge in [-0.05, 0) is 44.9 Å². The third kappa shape index (κ3) is 6.18. The fourth-order valence-corrected chi connectivity index (χ4v) is 1.90. The predicted molar refractivity (Wildman–Crippen MR) is 86.1 cm³/mol. The minimum Gasteiger partial charge on any atom is -0.497 e. The molecule has 5 nitrogen and oxygen atoms in total. The lowest BCUT2D eigenvalue weighted by atomic mass is 10.0. The van der Waals surface area contributed by atoms with E-state index in [-0.39, 0.29) is 0 Å². The van der Waals surface area contributed by atoms with Gasteiger partial charge in [-0.25, -0.2) is 4.79 Å². The van der Waals surface area contributed by atoms with Gasteiger partial charge in [-0.2, -0.15) is 0 Å². The highest BCUT2D eigenvalue weighted by molar-refractivity contribution is 5.68. The van der Waals surface area contributed by atoms with E-state index in [0.29, 0.717) is 6.42 Å². The van der Waals surface area contributed by atoms with Crippen molar-refractivity contribution < 1.29 is 19.4 Å². The lowest BCUT2D eigenvalue weighted by molar-refractivity contribution is 0.0455. The Morgan fingerprint density at radius 2 is 1.95 bits per heavy atom. The molecule has 0 unspecified atom stereocenters. The number of hydrogen-bond acceptors (Lipinski definition) is 4. The Labute approximate surface area is 131 Å². The van der Waals surface area contributed by atoms with Crippen LogP contribution in [0.25, 0.3) is 0 Å². The Morgan fingerprint density at radius 3 is 2.41 bits per heavy atom. The molecule has 1 rings (SSSR count). The first-order chi connectivity index (χ1) is 10.2. The largest absolute Gasteiger partial charge is 0.497 e. The number of carbonyl (C=O) groups excluding carboxylic acids is 1. The molecule has 1 aromatic rings. The van der Waals surface area contributed by atoms with Crippen molar-refractivity contribution >= 4 is 6.09 Å². The molecular formula is C17H25NO4. The fourth-order valence-electron chi connectivity index (χ4n) is 1.90. The maximum atomic E-state index is 11.9. The van der Waals surface area contributed by atoms with Crippen LogP contribution >= 0.6 is 0 Å². The Balaban J connectivity index is 2.75. The molecule has 122 valence electrons. The summed E-state index contributed by atoms with van der Waals surface area (Å²) in [5, 5.41) is 12.7. The van der Waals surface area contributed by atoms with Crippen molar-refractivity contribution in [3.63, 3.8) is 0 Å². The van der Waals surface area contributed by atoms with Gasteiger partial charge in [-0.1, -0.05) is 18.2 Å². The molecule has 1 aromatic carbocycles. The van der Waals surface area contributed by atoms with Crippen LogP contribution in [0.1, 0.15) is 26.3 Å². The minimum atomic E-state index is -0.866. The number of ether oxygens (including phenoxy) is 2. The molecule has 0 aliphatic carbocycles. The molecule has 2 atom stereocenters. The number of carbonyl (C=O) groups is 1. The van der Waals surface area contributed by atoms with Gasteiger partial charge in [-0.15, -0.1) is 6.58 Å². The molecule has 2 N–H and O–H groups in total. The molecule has 0 bridgehead atoms. The van der Waals surface area contributed by atoms with Crippen molar-refractivity contribution in [1.29, 1.82) is 0 Å². The van der Waals surface area contributed by atoms with Crippen molar-refractivity contribution in [3.8, 4) is 5.75 Å². The maximum Gasteiger partial charge on any atom is 0.407 e. The molecule has 0 aliphatic rings. The van der Waals surface area contributed by atoms with Gasteiger partial charge in [0, 0.05) is 0 Å². The first-order valence-electron chi connectivity index (χ1n) is 7.18. The molecule has 0 radical (unpaired) electrons. The van der Waals surface area contributed by atoms with Crippen molar-refractivity contribution in [1.82, 2.24) is 5.32 Å². The summed E-state index contributed by atoms with van der Waals surface area (Å²) in [6.45, 7) is 8.93. The van der Waals surface area contributed by atoms with Gasteiger partial charge in [0.05, 0.1) is 19.3 Å². The van der Waals surface area contributed by atoms with Gasteiger partial charge in [0.25, 0.3) is 0 Å². The Morgan fingerprint density at radius 1 is 1.36 bits per heavy atom. The number of hydrogen-bond donors (Lipinski definition) is 2. The van der Waals surface area contributed by atoms with Crippen molar-refractivity contribution in [3.05, 3.63) is 42.5 Å². The molecule has 5 heteroatoms. The average Bonchev–Trinajstić information content (AvgIpc) is 2.44. The summed E-state index contributed by atoms with van der Waals surface area (Å²) in [6.07, 6.45) is 0.420. The highest BCUT2D eigenvalue weighted by Crippen LogP contribution is 2.14. The number of nitrogens with one attached hydrogen (secondary N) is 1. The standard InChI is InChI=1S/C17H25NO4/c1-6-15(19)14(18-16(20)22-17(2,3)4)11-12-7-9-13(21-5)10-8-12/h6-10,14-15,19H,1,11H2,2-5H3,(H,18,20)/t14-,15-/m1/s1. The lowest BCUT2D eigenvalue weighted by Crippen LogP contribution is -2.46. The Kier molecular flexibility index (Phi) is 6.43. The molecule has 0 aliphatic heterocycles. The zero-order valence-corrected chi connectivity index (χ0v) is 13.6. The number of aliphatic hydroxyl groups excluding tert-OH is 1. The van der Waals surface area contributed by atoms with Crippen LogP contribution in [-0.4, -0.2) is 36.1 Å². The van der Waals surface area contributed by atoms with Crippen LogP contribution in [0.15, 0.2) is 36.9 Å². The summed E-state index contributed by atoms with van der Waals surface area (Å²) in [7, 11) is 1.60. The topological polar surface area (TPSA) is 67.8 Å². The zero-order chi connectivity index (χ0) is 16.8. The first-order valence-corrected chi connectivity index (χ1v) is 7.18. The van der Waals surface area contributed by atoms with Crippen LogP contribution in [0.2, 0.25) is 0 Å². The van der Waals surface area contributed by atoms with Crippen LogP contribution in [0.5, 0.6) is 5.75 Å². The normalized spacial score (nSPS) is 13.9. The quantitative estimate of drug-likeness (QED) is 0.793. The highest BCUT2D eigenvalue weighted by atomic mass is 16.6. The third-order valence-corrected chi connectivity index (χ3v) is 2.97. The number of benzene rings is 1. The summed E-state index contributed by atoms with van der Waals surface area (Å²) >= 11 is 0. The second-order valence-electron chi connectivity index (χ2n) is 6.03. The summed E-state index contributed by atoms with van der Waals surface area (Å²) in [4.78, 5) is 11.9. The fraction of sp³-hybridized carbons (Fsp3) is 0.471. The van der Waals surface area contributed by atoms with Crippen LogP contribution in [0.3, 0.4) is 0 Å². The second-order valence-corrected chi connectivity index (χ2v) is 6.03. The molecule has 0 aromatic heterocycles. The van der Waals surface area contributed by atoms with E-state index in [0.717, 1.165) is 11.3 Å². The van der Waals surface area contributed by atoms with E-state index in [1.165, 1.54) is 6.08 Å². The summed E-state index contributed by atoms with van der Waals surface area (Å²) in [5.74, 6) is 0.754. The summed E-state index contributed by atoms with van der Waals surface area (Å²) in [6, 6.07) is 6.93. The number of amides is 1. The SMILES string of the molecule is C=C[C@@H](O)[C@@H](Cc1ccc(OC)cc1)NC(=O)OC(C)(C)C. The second kappa shape index (κ2) is 7.84. The van der Waals surface area contributed by atoms with E-state index in [1.54, 1.807) is 27.9 Å². The first kappa shape index (κ1) is 18.0. The smallest absolute Gasteiger partial charge is 0.407 e. The van der Waals surface area contributed by atoms with E-state index < -0.39 is 23.8 Å². The predicted octanol–water partition coefficient (Wildman–Crippen LogP) is 2.68. The van der Waals surface area contributed by atoms with Crippen molar-refractivity contribution in [2.75, 3.05) is 7.11 Å². The van der Waals surface area contributed by atoms with Crippen LogP contribution in [-0.2, 0) is 11.2 Å². The number of alkyl carbamates (subject to hydrolysis) is 1. The van der Waals surface area contributed by atoms with Gasteiger partial charge in [0.1, 0.15) is 11.4 Å². The van der Waals surface area contributed by atoms with Crippen molar-refractivity contribution in [2.24, 2.45) is 0 Å². The summed E-state index contributed by atoms with van der Waals surface area (Å²) in [5.41, 5.74) is 0.371. The number of rotatable bonds is 6. The van der Waals surface area contributed by atoms with Crippen LogP contribution in [0, 0.1) is 0 Å². The number of aliphatic hydroxyl groups is 1. The van der Waals surface area contributed by atoms with E-state index in [2.05, 4.69) is 11.9 Å². The van der Waals surface area contributed by atoms with Gasteiger partial charge in [0.15, 0.2) is 0 Å². The highest BCUT2D eigenvalue weighted by Gasteiger charge is 2.23. The zero-order valence-electron chi connectivity index (χ0n) is 13.6. The van der Waals surface area contributed by atoms with Crippen molar-refractivity contribution in [2.45, 2.75) is 44.9 Å². The van der Waals surface area contributed by atoms with Gasteiger partial charge >= 0.3 is 6.09 Å².